The molecule has 8 nitrogen and oxygen atoms in total. The summed E-state index contributed by atoms with van der Waals surface area (Å²) in [6, 6.07) is 34.0. The zero-order valence-corrected chi connectivity index (χ0v) is 24.9. The van der Waals surface area contributed by atoms with Crippen molar-refractivity contribution in [3.05, 3.63) is 108 Å². The molecule has 2 unspecified atom stereocenters. The van der Waals surface area contributed by atoms with Gasteiger partial charge in [0.25, 0.3) is 0 Å². The number of rotatable bonds is 4. The molecule has 3 aromatic carbocycles. The third-order valence-electron chi connectivity index (χ3n) is 8.31. The van der Waals surface area contributed by atoms with E-state index in [2.05, 4.69) is 126 Å². The predicted octanol–water partition coefficient (Wildman–Crippen LogP) is 7.63. The van der Waals surface area contributed by atoms with Crippen LogP contribution in [-0.2, 0) is 30.0 Å². The first-order valence-electron chi connectivity index (χ1n) is 13.3. The summed E-state index contributed by atoms with van der Waals surface area (Å²) in [6.07, 6.45) is 5.45. The molecule has 1 fully saturated rings. The summed E-state index contributed by atoms with van der Waals surface area (Å²) < 4.78 is 0. The molecule has 4 rings (SSSR count). The normalized spacial score (nSPS) is 18.8. The molecular formula is C34H40N4O4. The van der Waals surface area contributed by atoms with E-state index >= 15 is 0 Å². The summed E-state index contributed by atoms with van der Waals surface area (Å²) >= 11 is 0. The van der Waals surface area contributed by atoms with Crippen molar-refractivity contribution in [3.63, 3.8) is 0 Å². The van der Waals surface area contributed by atoms with E-state index in [0.29, 0.717) is 11.8 Å². The van der Waals surface area contributed by atoms with E-state index in [0.717, 1.165) is 24.3 Å². The number of isocyanates is 4. The number of hydrogen-bond acceptors (Lipinski definition) is 8. The molecule has 0 saturated heterocycles. The van der Waals surface area contributed by atoms with Gasteiger partial charge in [0.15, 0.2) is 0 Å². The van der Waals surface area contributed by atoms with Crippen LogP contribution in [0.5, 0.6) is 0 Å². The van der Waals surface area contributed by atoms with Crippen LogP contribution in [0.3, 0.4) is 0 Å². The topological polar surface area (TPSA) is 164 Å². The molecule has 0 bridgehead atoms. The third-order valence-corrected chi connectivity index (χ3v) is 8.31. The van der Waals surface area contributed by atoms with Gasteiger partial charge in [0, 0.05) is 10.8 Å². The van der Waals surface area contributed by atoms with E-state index in [9.17, 15) is 0 Å². The van der Waals surface area contributed by atoms with Crippen LogP contribution in [0.1, 0.15) is 64.2 Å². The maximum absolute atomic E-state index is 8.35. The second kappa shape index (κ2) is 18.5. The fourth-order valence-corrected chi connectivity index (χ4v) is 7.24. The van der Waals surface area contributed by atoms with Crippen molar-refractivity contribution in [2.24, 2.45) is 17.3 Å². The van der Waals surface area contributed by atoms with E-state index in [-0.39, 0.29) is 16.2 Å². The molecule has 0 aromatic heterocycles. The lowest BCUT2D eigenvalue weighted by atomic mass is 9.37. The molecule has 0 radical (unpaired) electrons. The predicted molar refractivity (Wildman–Crippen MR) is 162 cm³/mol. The molecule has 2 atom stereocenters. The lowest BCUT2D eigenvalue weighted by Gasteiger charge is -2.65. The van der Waals surface area contributed by atoms with Gasteiger partial charge in [-0.25, -0.2) is 40.8 Å². The minimum absolute atomic E-state index is 0.00808. The average Bonchev–Trinajstić information content (AvgIpc) is 2.96. The molecule has 3 aromatic rings. The van der Waals surface area contributed by atoms with Crippen molar-refractivity contribution in [1.29, 1.82) is 21.6 Å². The first kappa shape index (κ1) is 37.2. The largest absolute Gasteiger partial charge is 0.231 e. The highest BCUT2D eigenvalue weighted by Gasteiger charge is 2.64. The van der Waals surface area contributed by atoms with E-state index in [1.165, 1.54) is 29.5 Å². The molecule has 8 heteroatoms. The summed E-state index contributed by atoms with van der Waals surface area (Å²) in [6.45, 7) is 12.4. The quantitative estimate of drug-likeness (QED) is 0.188. The second-order valence-electron chi connectivity index (χ2n) is 10.7. The highest BCUT2D eigenvalue weighted by atomic mass is 16.1. The highest BCUT2D eigenvalue weighted by molar-refractivity contribution is 5.52. The zero-order chi connectivity index (χ0) is 32.2. The molecule has 0 heterocycles. The molecule has 0 spiro atoms. The highest BCUT2D eigenvalue weighted by Crippen LogP contribution is 2.67. The Kier molecular flexibility index (Phi) is 16.4. The minimum Gasteiger partial charge on any atom is -0.222 e. The summed E-state index contributed by atoms with van der Waals surface area (Å²) in [5.74, 6) is 1.29. The van der Waals surface area contributed by atoms with Crippen molar-refractivity contribution >= 4 is 24.3 Å². The molecule has 1 saturated carbocycles. The molecule has 1 aliphatic carbocycles. The van der Waals surface area contributed by atoms with Crippen molar-refractivity contribution in [2.75, 3.05) is 0 Å². The van der Waals surface area contributed by atoms with Gasteiger partial charge in [-0.05, 0) is 46.8 Å². The van der Waals surface area contributed by atoms with Gasteiger partial charge in [-0.15, -0.1) is 0 Å². The molecule has 0 aliphatic heterocycles. The molecule has 220 valence electrons. The van der Waals surface area contributed by atoms with E-state index in [4.69, 9.17) is 40.8 Å². The van der Waals surface area contributed by atoms with Gasteiger partial charge in [-0.1, -0.05) is 126 Å². The van der Waals surface area contributed by atoms with Crippen LogP contribution in [0.25, 0.3) is 0 Å². The van der Waals surface area contributed by atoms with Crippen LogP contribution in [0.2, 0.25) is 0 Å². The van der Waals surface area contributed by atoms with Gasteiger partial charge in [-0.2, -0.15) is 0 Å². The van der Waals surface area contributed by atoms with Crippen LogP contribution in [-0.4, -0.2) is 24.3 Å². The molecule has 1 aliphatic rings. The SMILES string of the molecule is CC(C)C1CCC(C)(c2ccccc2)C(c2ccccc2)(c2ccccc2)C1(C)C.N=C=O.N=C=O.N=C=O.N=C=O. The smallest absolute Gasteiger partial charge is 0.222 e. The maximum Gasteiger partial charge on any atom is 0.231 e. The average molecular weight is 569 g/mol. The molecular weight excluding hydrogens is 528 g/mol. The molecule has 0 amide bonds. The lowest BCUT2D eigenvalue weighted by Crippen LogP contribution is -2.63. The van der Waals surface area contributed by atoms with Gasteiger partial charge in [0.05, 0.1) is 0 Å². The monoisotopic (exact) mass is 568 g/mol. The Bertz CT molecular complexity index is 1250. The minimum atomic E-state index is -0.128. The summed E-state index contributed by atoms with van der Waals surface area (Å²) in [4.78, 5) is 33.4. The zero-order valence-electron chi connectivity index (χ0n) is 24.9. The molecule has 42 heavy (non-hydrogen) atoms. The van der Waals surface area contributed by atoms with E-state index in [1.54, 1.807) is 0 Å². The lowest BCUT2D eigenvalue weighted by molar-refractivity contribution is -0.0314. The van der Waals surface area contributed by atoms with Crippen molar-refractivity contribution in [2.45, 2.75) is 58.3 Å². The Morgan fingerprint density at radius 1 is 0.595 bits per heavy atom. The first-order valence-corrected chi connectivity index (χ1v) is 13.3. The van der Waals surface area contributed by atoms with Crippen molar-refractivity contribution in [3.8, 4) is 0 Å². The first-order chi connectivity index (χ1) is 20.0. The summed E-state index contributed by atoms with van der Waals surface area (Å²) in [5.41, 5.74) is 4.28. The maximum atomic E-state index is 8.35. The second-order valence-corrected chi connectivity index (χ2v) is 10.7. The fourth-order valence-electron chi connectivity index (χ4n) is 7.24. The Morgan fingerprint density at radius 3 is 1.17 bits per heavy atom. The van der Waals surface area contributed by atoms with Crippen molar-refractivity contribution < 1.29 is 19.2 Å². The number of carbonyl (C=O) groups excluding carboxylic acids is 4. The molecule has 4 N–H and O–H groups in total. The van der Waals surface area contributed by atoms with Gasteiger partial charge in [-0.3, -0.25) is 0 Å². The number of benzene rings is 3. The Balaban J connectivity index is 0.00000121. The van der Waals surface area contributed by atoms with Crippen LogP contribution >= 0.6 is 0 Å². The Morgan fingerprint density at radius 2 is 0.881 bits per heavy atom. The standard InChI is InChI=1S/C30H36.4CHNO/c1-23(2)27-21-22-29(5,24-15-9-6-10-16-24)30(28(27,3)4,25-17-11-7-12-18-25)26-19-13-8-14-20-26;4*2-1-3/h6-20,23,27H,21-22H2,1-5H3;4*2H. The van der Waals surface area contributed by atoms with Crippen LogP contribution in [0.4, 0.5) is 0 Å². The fraction of sp³-hybridized carbons (Fsp3) is 0.353. The Labute approximate surface area is 248 Å². The number of nitrogens with one attached hydrogen (secondary N) is 4. The van der Waals surface area contributed by atoms with Gasteiger partial charge in [0.1, 0.15) is 0 Å². The Hall–Kier alpha value is -4.82. The van der Waals surface area contributed by atoms with E-state index < -0.39 is 0 Å². The third kappa shape index (κ3) is 8.11. The summed E-state index contributed by atoms with van der Waals surface area (Å²) in [5, 5.41) is 21.6. The van der Waals surface area contributed by atoms with Crippen molar-refractivity contribution in [1.82, 2.24) is 0 Å². The van der Waals surface area contributed by atoms with Gasteiger partial charge < -0.3 is 0 Å². The van der Waals surface area contributed by atoms with Gasteiger partial charge >= 0.3 is 0 Å². The van der Waals surface area contributed by atoms with E-state index in [1.807, 2.05) is 0 Å². The van der Waals surface area contributed by atoms with Crippen LogP contribution in [0, 0.1) is 38.9 Å². The number of hydrogen-bond donors (Lipinski definition) is 4. The van der Waals surface area contributed by atoms with Gasteiger partial charge in [0.2, 0.25) is 24.3 Å². The van der Waals surface area contributed by atoms with Crippen LogP contribution < -0.4 is 0 Å². The van der Waals surface area contributed by atoms with Crippen LogP contribution in [0.15, 0.2) is 91.0 Å². The summed E-state index contributed by atoms with van der Waals surface area (Å²) in [7, 11) is 0.